The summed E-state index contributed by atoms with van der Waals surface area (Å²) >= 11 is 0. The zero-order chi connectivity index (χ0) is 14.9. The lowest BCUT2D eigenvalue weighted by atomic mass is 10.0. The Hall–Kier alpha value is -1.86. The number of alkyl halides is 3. The van der Waals surface area contributed by atoms with Gasteiger partial charge in [0.05, 0.1) is 6.33 Å². The highest BCUT2D eigenvalue weighted by Crippen LogP contribution is 2.26. The number of nitrogens with one attached hydrogen (secondary N) is 1. The molecule has 0 bridgehead atoms. The quantitative estimate of drug-likeness (QED) is 0.938. The maximum Gasteiger partial charge on any atom is 0.389 e. The van der Waals surface area contributed by atoms with Gasteiger partial charge in [-0.2, -0.15) is 13.2 Å². The molecule has 2 rings (SSSR count). The fraction of sp³-hybridized carbons (Fsp3) is 0.583. The van der Waals surface area contributed by atoms with E-state index in [1.807, 2.05) is 6.92 Å². The Morgan fingerprint density at radius 1 is 1.45 bits per heavy atom. The molecule has 2 aromatic heterocycles. The molecule has 0 aliphatic carbocycles. The molecular weight excluding hydrogens is 273 g/mol. The van der Waals surface area contributed by atoms with Crippen LogP contribution >= 0.6 is 0 Å². The van der Waals surface area contributed by atoms with Gasteiger partial charge in [0.15, 0.2) is 11.2 Å². The number of H-pyrrole nitrogens is 1. The number of aromatic amines is 1. The Bertz CT molecular complexity index is 659. The van der Waals surface area contributed by atoms with Gasteiger partial charge in [-0.05, 0) is 12.8 Å². The molecule has 0 saturated carbocycles. The minimum Gasteiger partial charge on any atom is -0.315 e. The van der Waals surface area contributed by atoms with Crippen LogP contribution in [0.1, 0.15) is 26.1 Å². The van der Waals surface area contributed by atoms with E-state index in [0.717, 1.165) is 0 Å². The SMILES string of the molecule is CCn1cnc2c(=O)[nH]c(CC(C)CC(F)(F)F)nc21. The summed E-state index contributed by atoms with van der Waals surface area (Å²) in [6.07, 6.45) is -3.55. The molecule has 0 saturated heterocycles. The average Bonchev–Trinajstić information content (AvgIpc) is 2.69. The van der Waals surface area contributed by atoms with Gasteiger partial charge in [0.2, 0.25) is 0 Å². The Morgan fingerprint density at radius 3 is 2.75 bits per heavy atom. The molecule has 0 aliphatic rings. The molecule has 0 aliphatic heterocycles. The second-order valence-corrected chi connectivity index (χ2v) is 4.84. The van der Waals surface area contributed by atoms with Crippen LogP contribution in [0.15, 0.2) is 11.1 Å². The summed E-state index contributed by atoms with van der Waals surface area (Å²) in [5.74, 6) is -0.386. The van der Waals surface area contributed by atoms with E-state index in [1.54, 1.807) is 4.57 Å². The lowest BCUT2D eigenvalue weighted by Gasteiger charge is -2.13. The van der Waals surface area contributed by atoms with E-state index in [4.69, 9.17) is 0 Å². The third-order valence-electron chi connectivity index (χ3n) is 2.99. The zero-order valence-electron chi connectivity index (χ0n) is 11.2. The van der Waals surface area contributed by atoms with E-state index >= 15 is 0 Å². The molecule has 1 N–H and O–H groups in total. The molecule has 1 unspecified atom stereocenters. The third-order valence-corrected chi connectivity index (χ3v) is 2.99. The van der Waals surface area contributed by atoms with Gasteiger partial charge >= 0.3 is 6.18 Å². The van der Waals surface area contributed by atoms with Crippen LogP contribution in [0.25, 0.3) is 11.2 Å². The van der Waals surface area contributed by atoms with Crippen LogP contribution in [0.3, 0.4) is 0 Å². The molecule has 1 atom stereocenters. The molecule has 110 valence electrons. The Balaban J connectivity index is 2.29. The van der Waals surface area contributed by atoms with E-state index in [9.17, 15) is 18.0 Å². The summed E-state index contributed by atoms with van der Waals surface area (Å²) in [6.45, 7) is 3.94. The van der Waals surface area contributed by atoms with Crippen LogP contribution < -0.4 is 5.56 Å². The fourth-order valence-electron chi connectivity index (χ4n) is 2.12. The molecule has 8 heteroatoms. The summed E-state index contributed by atoms with van der Waals surface area (Å²) in [5.41, 5.74) is 0.195. The number of aryl methyl sites for hydroxylation is 1. The van der Waals surface area contributed by atoms with Crippen LogP contribution in [0.2, 0.25) is 0 Å². The highest BCUT2D eigenvalue weighted by atomic mass is 19.4. The van der Waals surface area contributed by atoms with E-state index in [0.29, 0.717) is 12.2 Å². The predicted molar refractivity (Wildman–Crippen MR) is 67.4 cm³/mol. The topological polar surface area (TPSA) is 63.6 Å². The average molecular weight is 288 g/mol. The van der Waals surface area contributed by atoms with Gasteiger partial charge in [-0.1, -0.05) is 6.92 Å². The number of fused-ring (bicyclic) bond motifs is 1. The Kier molecular flexibility index (Phi) is 3.82. The number of hydrogen-bond donors (Lipinski definition) is 1. The Labute approximate surface area is 112 Å². The molecule has 0 radical (unpaired) electrons. The summed E-state index contributed by atoms with van der Waals surface area (Å²) in [4.78, 5) is 22.5. The number of aromatic nitrogens is 4. The molecule has 0 spiro atoms. The van der Waals surface area contributed by atoms with Gasteiger partial charge in [0, 0.05) is 19.4 Å². The van der Waals surface area contributed by atoms with Gasteiger partial charge in [0.1, 0.15) is 5.82 Å². The fourth-order valence-corrected chi connectivity index (χ4v) is 2.12. The largest absolute Gasteiger partial charge is 0.389 e. The van der Waals surface area contributed by atoms with Gasteiger partial charge < -0.3 is 9.55 Å². The van der Waals surface area contributed by atoms with Crippen molar-refractivity contribution in [3.05, 3.63) is 22.5 Å². The maximum atomic E-state index is 12.3. The first-order valence-corrected chi connectivity index (χ1v) is 6.31. The normalized spacial score (nSPS) is 13.8. The van der Waals surface area contributed by atoms with Crippen molar-refractivity contribution in [2.24, 2.45) is 5.92 Å². The van der Waals surface area contributed by atoms with Crippen molar-refractivity contribution in [2.75, 3.05) is 0 Å². The van der Waals surface area contributed by atoms with E-state index in [2.05, 4.69) is 15.0 Å². The zero-order valence-corrected chi connectivity index (χ0v) is 11.2. The summed E-state index contributed by atoms with van der Waals surface area (Å²) in [7, 11) is 0. The Morgan fingerprint density at radius 2 is 2.15 bits per heavy atom. The second kappa shape index (κ2) is 5.26. The lowest BCUT2D eigenvalue weighted by Crippen LogP contribution is -2.18. The molecule has 0 fully saturated rings. The molecule has 2 heterocycles. The van der Waals surface area contributed by atoms with Crippen molar-refractivity contribution in [3.63, 3.8) is 0 Å². The molecule has 0 aromatic carbocycles. The van der Waals surface area contributed by atoms with Crippen LogP contribution in [0.5, 0.6) is 0 Å². The lowest BCUT2D eigenvalue weighted by molar-refractivity contribution is -0.143. The standard InChI is InChI=1S/C12H15F3N4O/c1-3-19-6-16-9-10(19)17-8(18-11(9)20)4-7(2)5-12(13,14)15/h6-7H,3-5H2,1-2H3,(H,17,18,20). The van der Waals surface area contributed by atoms with Crippen molar-refractivity contribution in [1.82, 2.24) is 19.5 Å². The number of rotatable bonds is 4. The second-order valence-electron chi connectivity index (χ2n) is 4.84. The van der Waals surface area contributed by atoms with E-state index in [-0.39, 0.29) is 17.8 Å². The van der Waals surface area contributed by atoms with Crippen molar-refractivity contribution in [1.29, 1.82) is 0 Å². The van der Waals surface area contributed by atoms with Crippen LogP contribution in [-0.2, 0) is 13.0 Å². The third kappa shape index (κ3) is 3.17. The summed E-state index contributed by atoms with van der Waals surface area (Å²) in [6, 6.07) is 0. The molecule has 2 aromatic rings. The van der Waals surface area contributed by atoms with Crippen LogP contribution in [0, 0.1) is 5.92 Å². The van der Waals surface area contributed by atoms with Gasteiger partial charge in [-0.15, -0.1) is 0 Å². The van der Waals surface area contributed by atoms with Gasteiger partial charge in [0.25, 0.3) is 5.56 Å². The van der Waals surface area contributed by atoms with Crippen molar-refractivity contribution < 1.29 is 13.2 Å². The van der Waals surface area contributed by atoms with Crippen molar-refractivity contribution in [3.8, 4) is 0 Å². The monoisotopic (exact) mass is 288 g/mol. The van der Waals surface area contributed by atoms with Crippen molar-refractivity contribution in [2.45, 2.75) is 39.4 Å². The number of nitrogens with zero attached hydrogens (tertiary/aromatic N) is 3. The molecule has 0 amide bonds. The first kappa shape index (κ1) is 14.5. The summed E-state index contributed by atoms with van der Waals surface area (Å²) in [5, 5.41) is 0. The minimum absolute atomic E-state index is 0.0690. The number of imidazole rings is 1. The number of halogens is 3. The van der Waals surface area contributed by atoms with E-state index in [1.165, 1.54) is 13.3 Å². The minimum atomic E-state index is -4.21. The predicted octanol–water partition coefficient (Wildman–Crippen LogP) is 2.27. The van der Waals surface area contributed by atoms with Crippen molar-refractivity contribution >= 4 is 11.2 Å². The highest BCUT2D eigenvalue weighted by Gasteiger charge is 2.30. The van der Waals surface area contributed by atoms with E-state index < -0.39 is 24.1 Å². The van der Waals surface area contributed by atoms with Gasteiger partial charge in [-0.3, -0.25) is 4.79 Å². The number of hydrogen-bond acceptors (Lipinski definition) is 3. The maximum absolute atomic E-state index is 12.3. The molecular formula is C12H15F3N4O. The highest BCUT2D eigenvalue weighted by molar-refractivity contribution is 5.69. The summed E-state index contributed by atoms with van der Waals surface area (Å²) < 4.78 is 38.6. The van der Waals surface area contributed by atoms with Crippen LogP contribution in [-0.4, -0.2) is 25.7 Å². The molecule has 20 heavy (non-hydrogen) atoms. The van der Waals surface area contributed by atoms with Crippen LogP contribution in [0.4, 0.5) is 13.2 Å². The first-order valence-electron chi connectivity index (χ1n) is 6.31. The smallest absolute Gasteiger partial charge is 0.315 e. The molecule has 5 nitrogen and oxygen atoms in total. The first-order chi connectivity index (χ1) is 9.30. The van der Waals surface area contributed by atoms with Gasteiger partial charge in [-0.25, -0.2) is 9.97 Å².